The van der Waals surface area contributed by atoms with E-state index in [9.17, 15) is 14.9 Å². The molecule has 0 aliphatic carbocycles. The Balaban J connectivity index is 0.00000408. The van der Waals surface area contributed by atoms with Gasteiger partial charge in [0.2, 0.25) is 0 Å². The Morgan fingerprint density at radius 2 is 1.88 bits per heavy atom. The van der Waals surface area contributed by atoms with E-state index in [-0.39, 0.29) is 18.1 Å². The van der Waals surface area contributed by atoms with Crippen LogP contribution in [-0.4, -0.2) is 28.8 Å². The Bertz CT molecular complexity index is 1110. The van der Waals surface area contributed by atoms with Crippen LogP contribution in [0.3, 0.4) is 0 Å². The molecule has 10 heteroatoms. The fraction of sp³-hybridized carbons (Fsp3) is 0.333. The Morgan fingerprint density at radius 1 is 1.21 bits per heavy atom. The average Bonchev–Trinajstić information content (AvgIpc) is 2.76. The molecule has 0 radical (unpaired) electrons. The number of benzene rings is 2. The number of carbonyl (C=O) groups excluding carboxylic acids is 1. The number of nitrogens with one attached hydrogen (secondary N) is 1. The standard InChI is InChI=1S/C24H27N3O5S.ClH/c1-15-20(22(28)32-24(2,3)4)21(17-7-6-8-18(13-17)27(29)30)26-23(25-15)33-14-16-9-11-19(31-5)12-10-16;/h6-13,21H,14H2,1-5H3,(H,25,26);1H. The van der Waals surface area contributed by atoms with Gasteiger partial charge >= 0.3 is 5.97 Å². The normalized spacial score (nSPS) is 15.6. The van der Waals surface area contributed by atoms with Crippen molar-refractivity contribution < 1.29 is 19.2 Å². The number of methoxy groups -OCH3 is 1. The molecule has 1 unspecified atom stereocenters. The van der Waals surface area contributed by atoms with Crippen molar-refractivity contribution in [2.45, 2.75) is 45.1 Å². The van der Waals surface area contributed by atoms with Crippen molar-refractivity contribution in [3.63, 3.8) is 0 Å². The molecule has 0 saturated heterocycles. The first kappa shape index (κ1) is 27.2. The minimum Gasteiger partial charge on any atom is -0.497 e. The van der Waals surface area contributed by atoms with Crippen LogP contribution in [0.25, 0.3) is 0 Å². The molecule has 1 atom stereocenters. The minimum absolute atomic E-state index is 0. The maximum atomic E-state index is 13.0. The van der Waals surface area contributed by atoms with Crippen molar-refractivity contribution in [3.05, 3.63) is 81.0 Å². The number of esters is 1. The lowest BCUT2D eigenvalue weighted by Gasteiger charge is -2.28. The summed E-state index contributed by atoms with van der Waals surface area (Å²) in [6.07, 6.45) is 0. The molecule has 3 rings (SSSR count). The number of non-ortho nitro benzene ring substituents is 1. The molecule has 182 valence electrons. The molecule has 0 fully saturated rings. The van der Waals surface area contributed by atoms with E-state index in [4.69, 9.17) is 14.5 Å². The second-order valence-electron chi connectivity index (χ2n) is 8.49. The number of nitro benzene ring substituents is 1. The van der Waals surface area contributed by atoms with Crippen LogP contribution in [-0.2, 0) is 15.3 Å². The van der Waals surface area contributed by atoms with Crippen molar-refractivity contribution in [1.82, 2.24) is 5.32 Å². The second kappa shape index (κ2) is 11.4. The number of halogens is 1. The molecular weight excluding hydrogens is 478 g/mol. The van der Waals surface area contributed by atoms with Gasteiger partial charge in [0.1, 0.15) is 17.4 Å². The van der Waals surface area contributed by atoms with Crippen LogP contribution in [0, 0.1) is 10.1 Å². The largest absolute Gasteiger partial charge is 0.497 e. The van der Waals surface area contributed by atoms with Crippen LogP contribution in [0.2, 0.25) is 0 Å². The maximum absolute atomic E-state index is 13.0. The van der Waals surface area contributed by atoms with E-state index in [0.29, 0.717) is 27.8 Å². The van der Waals surface area contributed by atoms with Gasteiger partial charge in [-0.1, -0.05) is 36.0 Å². The SMILES string of the molecule is COc1ccc(CSC2=NC(c3cccc([N+](=O)[O-])c3)C(C(=O)OC(C)(C)C)=C(C)N2)cc1.Cl. The predicted octanol–water partition coefficient (Wildman–Crippen LogP) is 5.57. The Hall–Kier alpha value is -3.04. The van der Waals surface area contributed by atoms with E-state index in [1.807, 2.05) is 24.3 Å². The summed E-state index contributed by atoms with van der Waals surface area (Å²) in [5, 5.41) is 15.1. The van der Waals surface area contributed by atoms with Crippen molar-refractivity contribution in [2.75, 3.05) is 7.11 Å². The zero-order valence-electron chi connectivity index (χ0n) is 19.7. The van der Waals surface area contributed by atoms with Crippen LogP contribution in [0.15, 0.2) is 64.8 Å². The highest BCUT2D eigenvalue weighted by atomic mass is 35.5. The summed E-state index contributed by atoms with van der Waals surface area (Å²) in [5.41, 5.74) is 1.82. The first-order chi connectivity index (χ1) is 15.6. The zero-order valence-corrected chi connectivity index (χ0v) is 21.3. The Morgan fingerprint density at radius 3 is 2.47 bits per heavy atom. The van der Waals surface area contributed by atoms with E-state index >= 15 is 0 Å². The Kier molecular flexibility index (Phi) is 9.12. The molecule has 1 N–H and O–H groups in total. The minimum atomic E-state index is -0.723. The third-order valence-corrected chi connectivity index (χ3v) is 5.73. The number of amidine groups is 1. The smallest absolute Gasteiger partial charge is 0.338 e. The highest BCUT2D eigenvalue weighted by Gasteiger charge is 2.33. The molecule has 34 heavy (non-hydrogen) atoms. The van der Waals surface area contributed by atoms with Crippen LogP contribution in [0.5, 0.6) is 5.75 Å². The number of hydrogen-bond donors (Lipinski definition) is 1. The number of ether oxygens (including phenoxy) is 2. The number of nitrogens with zero attached hydrogens (tertiary/aromatic N) is 2. The van der Waals surface area contributed by atoms with Gasteiger partial charge in [0.15, 0.2) is 5.17 Å². The van der Waals surface area contributed by atoms with Crippen molar-refractivity contribution in [1.29, 1.82) is 0 Å². The summed E-state index contributed by atoms with van der Waals surface area (Å²) in [4.78, 5) is 28.6. The maximum Gasteiger partial charge on any atom is 0.338 e. The fourth-order valence-corrected chi connectivity index (χ4v) is 4.14. The number of rotatable bonds is 6. The molecule has 2 aromatic carbocycles. The topological polar surface area (TPSA) is 103 Å². The van der Waals surface area contributed by atoms with Gasteiger partial charge in [0, 0.05) is 23.6 Å². The third-order valence-electron chi connectivity index (χ3n) is 4.77. The summed E-state index contributed by atoms with van der Waals surface area (Å²) in [7, 11) is 1.62. The van der Waals surface area contributed by atoms with Crippen LogP contribution >= 0.6 is 24.2 Å². The van der Waals surface area contributed by atoms with Crippen LogP contribution in [0.4, 0.5) is 5.69 Å². The summed E-state index contributed by atoms with van der Waals surface area (Å²) in [6, 6.07) is 13.2. The molecular formula is C24H28ClN3O5S. The lowest BCUT2D eigenvalue weighted by molar-refractivity contribution is -0.384. The van der Waals surface area contributed by atoms with Gasteiger partial charge in [-0.25, -0.2) is 9.79 Å². The van der Waals surface area contributed by atoms with Crippen molar-refractivity contribution >= 4 is 41.0 Å². The van der Waals surface area contributed by atoms with E-state index < -0.39 is 22.5 Å². The van der Waals surface area contributed by atoms with Gasteiger partial charge < -0.3 is 14.8 Å². The molecule has 0 aromatic heterocycles. The highest BCUT2D eigenvalue weighted by Crippen LogP contribution is 2.35. The van der Waals surface area contributed by atoms with Gasteiger partial charge in [0.25, 0.3) is 5.69 Å². The van der Waals surface area contributed by atoms with Crippen molar-refractivity contribution in [3.8, 4) is 5.75 Å². The number of nitro groups is 1. The molecule has 0 saturated carbocycles. The molecule has 1 aliphatic rings. The quantitative estimate of drug-likeness (QED) is 0.310. The molecule has 8 nitrogen and oxygen atoms in total. The van der Waals surface area contributed by atoms with Gasteiger partial charge in [-0.2, -0.15) is 0 Å². The molecule has 1 aliphatic heterocycles. The van der Waals surface area contributed by atoms with E-state index in [1.165, 1.54) is 23.9 Å². The summed E-state index contributed by atoms with van der Waals surface area (Å²) >= 11 is 1.48. The Labute approximate surface area is 209 Å². The second-order valence-corrected chi connectivity index (χ2v) is 9.46. The first-order valence-electron chi connectivity index (χ1n) is 10.4. The first-order valence-corrected chi connectivity index (χ1v) is 11.3. The molecule has 1 heterocycles. The zero-order chi connectivity index (χ0) is 24.2. The van der Waals surface area contributed by atoms with Gasteiger partial charge in [-0.3, -0.25) is 10.1 Å². The van der Waals surface area contributed by atoms with Gasteiger partial charge in [0.05, 0.1) is 17.6 Å². The van der Waals surface area contributed by atoms with Crippen molar-refractivity contribution in [2.24, 2.45) is 4.99 Å². The van der Waals surface area contributed by atoms with Gasteiger partial charge in [-0.05, 0) is 51.0 Å². The van der Waals surface area contributed by atoms with Crippen LogP contribution in [0.1, 0.15) is 44.9 Å². The summed E-state index contributed by atoms with van der Waals surface area (Å²) < 4.78 is 10.8. The predicted molar refractivity (Wildman–Crippen MR) is 136 cm³/mol. The number of aliphatic imine (C=N–C) groups is 1. The molecule has 0 bridgehead atoms. The third kappa shape index (κ3) is 6.98. The number of allylic oxidation sites excluding steroid dienone is 1. The molecule has 2 aromatic rings. The number of carbonyl (C=O) groups is 1. The van der Waals surface area contributed by atoms with Gasteiger partial charge in [-0.15, -0.1) is 12.4 Å². The summed E-state index contributed by atoms with van der Waals surface area (Å²) in [5.74, 6) is 0.919. The molecule has 0 spiro atoms. The number of hydrogen-bond acceptors (Lipinski definition) is 8. The highest BCUT2D eigenvalue weighted by molar-refractivity contribution is 8.13. The molecule has 0 amide bonds. The lowest BCUT2D eigenvalue weighted by Crippen LogP contribution is -2.33. The van der Waals surface area contributed by atoms with E-state index in [0.717, 1.165) is 11.3 Å². The number of thioether (sulfide) groups is 1. The van der Waals surface area contributed by atoms with Crippen LogP contribution < -0.4 is 10.1 Å². The summed E-state index contributed by atoms with van der Waals surface area (Å²) in [6.45, 7) is 7.16. The van der Waals surface area contributed by atoms with E-state index in [2.05, 4.69) is 5.32 Å². The lowest BCUT2D eigenvalue weighted by atomic mass is 9.96. The average molecular weight is 506 g/mol. The fourth-order valence-electron chi connectivity index (χ4n) is 3.24. The van der Waals surface area contributed by atoms with E-state index in [1.54, 1.807) is 46.9 Å². The monoisotopic (exact) mass is 505 g/mol.